The molecule has 1 aliphatic heterocycles. The van der Waals surface area contributed by atoms with Gasteiger partial charge in [-0.05, 0) is 41.5 Å². The van der Waals surface area contributed by atoms with Gasteiger partial charge in [-0.1, -0.05) is 23.7 Å². The number of nitro benzene ring substituents is 1. The van der Waals surface area contributed by atoms with E-state index in [4.69, 9.17) is 11.6 Å². The number of rotatable bonds is 4. The third-order valence-electron chi connectivity index (χ3n) is 3.63. The predicted octanol–water partition coefficient (Wildman–Crippen LogP) is 3.34. The van der Waals surface area contributed by atoms with E-state index in [9.17, 15) is 19.7 Å². The van der Waals surface area contributed by atoms with E-state index in [2.05, 4.69) is 5.32 Å². The van der Waals surface area contributed by atoms with Crippen molar-refractivity contribution in [2.75, 3.05) is 0 Å². The molecule has 3 amide bonds. The Morgan fingerprint density at radius 2 is 1.72 bits per heavy atom. The highest BCUT2D eigenvalue weighted by atomic mass is 35.5. The van der Waals surface area contributed by atoms with Crippen molar-refractivity contribution in [1.82, 2.24) is 10.2 Å². The second kappa shape index (κ2) is 6.74. The van der Waals surface area contributed by atoms with Crippen molar-refractivity contribution >= 4 is 35.3 Å². The number of benzene rings is 2. The third-order valence-corrected chi connectivity index (χ3v) is 3.88. The molecule has 3 rings (SSSR count). The number of non-ortho nitro benzene ring substituents is 1. The highest BCUT2D eigenvalue weighted by Gasteiger charge is 2.33. The Morgan fingerprint density at radius 1 is 1.08 bits per heavy atom. The average molecular weight is 358 g/mol. The van der Waals surface area contributed by atoms with Gasteiger partial charge in [-0.15, -0.1) is 0 Å². The van der Waals surface area contributed by atoms with E-state index >= 15 is 0 Å². The molecule has 0 atom stereocenters. The summed E-state index contributed by atoms with van der Waals surface area (Å²) in [6.07, 6.45) is 1.48. The largest absolute Gasteiger partial charge is 0.329 e. The van der Waals surface area contributed by atoms with Crippen molar-refractivity contribution in [3.63, 3.8) is 0 Å². The average Bonchev–Trinajstić information content (AvgIpc) is 2.85. The summed E-state index contributed by atoms with van der Waals surface area (Å²) in [6.45, 7) is 0.124. The number of amides is 3. The first-order chi connectivity index (χ1) is 11.9. The summed E-state index contributed by atoms with van der Waals surface area (Å²) in [6, 6.07) is 12.0. The Morgan fingerprint density at radius 3 is 2.32 bits per heavy atom. The van der Waals surface area contributed by atoms with Crippen molar-refractivity contribution in [3.8, 4) is 0 Å². The molecule has 0 saturated carbocycles. The first-order valence-corrected chi connectivity index (χ1v) is 7.65. The smallest absolute Gasteiger partial charge is 0.303 e. The molecule has 1 heterocycles. The SMILES string of the molecule is O=C1NC(=Cc2ccc([N+](=O)[O-])cc2)C(=O)N1Cc1ccc(Cl)cc1. The van der Waals surface area contributed by atoms with Crippen LogP contribution in [0.4, 0.5) is 10.5 Å². The van der Waals surface area contributed by atoms with Crippen LogP contribution in [0.5, 0.6) is 0 Å². The molecule has 1 N–H and O–H groups in total. The summed E-state index contributed by atoms with van der Waals surface area (Å²) in [4.78, 5) is 35.7. The van der Waals surface area contributed by atoms with E-state index in [0.29, 0.717) is 10.6 Å². The summed E-state index contributed by atoms with van der Waals surface area (Å²) >= 11 is 5.82. The number of nitro groups is 1. The fraction of sp³-hybridized carbons (Fsp3) is 0.0588. The van der Waals surface area contributed by atoms with Crippen LogP contribution in [-0.2, 0) is 11.3 Å². The number of carbonyl (C=O) groups excluding carboxylic acids is 2. The minimum absolute atomic E-state index is 0.0479. The predicted molar refractivity (Wildman–Crippen MR) is 91.6 cm³/mol. The van der Waals surface area contributed by atoms with Gasteiger partial charge in [0.25, 0.3) is 11.6 Å². The fourth-order valence-corrected chi connectivity index (χ4v) is 2.47. The molecule has 0 aliphatic carbocycles. The van der Waals surface area contributed by atoms with Crippen LogP contribution in [0.3, 0.4) is 0 Å². The van der Waals surface area contributed by atoms with Crippen LogP contribution in [0.2, 0.25) is 5.02 Å². The van der Waals surface area contributed by atoms with E-state index in [1.54, 1.807) is 24.3 Å². The van der Waals surface area contributed by atoms with E-state index < -0.39 is 16.9 Å². The molecule has 2 aromatic carbocycles. The van der Waals surface area contributed by atoms with Crippen LogP contribution < -0.4 is 5.32 Å². The van der Waals surface area contributed by atoms with E-state index in [0.717, 1.165) is 10.5 Å². The van der Waals surface area contributed by atoms with Gasteiger partial charge in [0.15, 0.2) is 0 Å². The maximum atomic E-state index is 12.4. The van der Waals surface area contributed by atoms with Crippen molar-refractivity contribution in [2.45, 2.75) is 6.54 Å². The molecule has 7 nitrogen and oxygen atoms in total. The van der Waals surface area contributed by atoms with Gasteiger partial charge >= 0.3 is 6.03 Å². The normalized spacial score (nSPS) is 15.6. The number of nitrogens with zero attached hydrogens (tertiary/aromatic N) is 2. The second-order valence-electron chi connectivity index (χ2n) is 5.35. The van der Waals surface area contributed by atoms with Crippen molar-refractivity contribution in [1.29, 1.82) is 0 Å². The van der Waals surface area contributed by atoms with Crippen molar-refractivity contribution in [3.05, 3.63) is 80.5 Å². The minimum Gasteiger partial charge on any atom is -0.303 e. The molecule has 0 unspecified atom stereocenters. The van der Waals surface area contributed by atoms with Gasteiger partial charge < -0.3 is 5.32 Å². The Bertz CT molecular complexity index is 876. The molecule has 0 aromatic heterocycles. The van der Waals surface area contributed by atoms with Gasteiger partial charge in [0.2, 0.25) is 0 Å². The first kappa shape index (κ1) is 16.7. The second-order valence-corrected chi connectivity index (χ2v) is 5.79. The standard InChI is InChI=1S/C17H12ClN3O4/c18-13-5-1-12(2-6-13)10-20-16(22)15(19-17(20)23)9-11-3-7-14(8-4-11)21(24)25/h1-9H,10H2,(H,19,23). The first-order valence-electron chi connectivity index (χ1n) is 7.27. The maximum Gasteiger partial charge on any atom is 0.329 e. The molecule has 126 valence electrons. The molecule has 0 spiro atoms. The highest BCUT2D eigenvalue weighted by molar-refractivity contribution is 6.30. The van der Waals surface area contributed by atoms with E-state index in [1.165, 1.54) is 30.3 Å². The zero-order valence-electron chi connectivity index (χ0n) is 12.8. The lowest BCUT2D eigenvalue weighted by Crippen LogP contribution is -2.30. The summed E-state index contributed by atoms with van der Waals surface area (Å²) in [5, 5.41) is 13.7. The van der Waals surface area contributed by atoms with E-state index in [1.807, 2.05) is 0 Å². The molecule has 2 aromatic rings. The number of imide groups is 1. The molecular weight excluding hydrogens is 346 g/mol. The van der Waals surface area contributed by atoms with Crippen LogP contribution in [-0.4, -0.2) is 21.8 Å². The van der Waals surface area contributed by atoms with Gasteiger partial charge in [0.05, 0.1) is 11.5 Å². The minimum atomic E-state index is -0.520. The number of hydrogen-bond donors (Lipinski definition) is 1. The Hall–Kier alpha value is -3.19. The van der Waals surface area contributed by atoms with Crippen LogP contribution in [0.1, 0.15) is 11.1 Å². The van der Waals surface area contributed by atoms with Crippen molar-refractivity contribution < 1.29 is 14.5 Å². The van der Waals surface area contributed by atoms with Gasteiger partial charge in [-0.3, -0.25) is 19.8 Å². The molecule has 1 aliphatic rings. The van der Waals surface area contributed by atoms with Gasteiger partial charge in [-0.2, -0.15) is 0 Å². The summed E-state index contributed by atoms with van der Waals surface area (Å²) in [7, 11) is 0. The summed E-state index contributed by atoms with van der Waals surface area (Å²) in [5.41, 5.74) is 1.41. The zero-order valence-corrected chi connectivity index (χ0v) is 13.6. The Kier molecular flexibility index (Phi) is 4.49. The van der Waals surface area contributed by atoms with E-state index in [-0.39, 0.29) is 17.9 Å². The number of carbonyl (C=O) groups is 2. The van der Waals surface area contributed by atoms with Crippen LogP contribution >= 0.6 is 11.6 Å². The van der Waals surface area contributed by atoms with Gasteiger partial charge in [0.1, 0.15) is 5.70 Å². The summed E-state index contributed by atoms with van der Waals surface area (Å²) in [5.74, 6) is -0.460. The van der Waals surface area contributed by atoms with Gasteiger partial charge in [-0.25, -0.2) is 4.79 Å². The zero-order chi connectivity index (χ0) is 18.0. The summed E-state index contributed by atoms with van der Waals surface area (Å²) < 4.78 is 0. The maximum absolute atomic E-state index is 12.4. The lowest BCUT2D eigenvalue weighted by molar-refractivity contribution is -0.384. The monoisotopic (exact) mass is 357 g/mol. The lowest BCUT2D eigenvalue weighted by atomic mass is 10.1. The number of urea groups is 1. The third kappa shape index (κ3) is 3.67. The number of halogens is 1. The topological polar surface area (TPSA) is 92.5 Å². The lowest BCUT2D eigenvalue weighted by Gasteiger charge is -2.11. The molecule has 8 heteroatoms. The number of hydrogen-bond acceptors (Lipinski definition) is 4. The van der Waals surface area contributed by atoms with Crippen LogP contribution in [0, 0.1) is 10.1 Å². The Labute approximate surface area is 147 Å². The molecule has 0 bridgehead atoms. The molecule has 25 heavy (non-hydrogen) atoms. The quantitative estimate of drug-likeness (QED) is 0.393. The van der Waals surface area contributed by atoms with Crippen LogP contribution in [0.25, 0.3) is 6.08 Å². The Balaban J connectivity index is 1.78. The van der Waals surface area contributed by atoms with Gasteiger partial charge in [0, 0.05) is 17.2 Å². The fourth-order valence-electron chi connectivity index (χ4n) is 2.35. The molecule has 1 saturated heterocycles. The number of nitrogens with one attached hydrogen (secondary N) is 1. The highest BCUT2D eigenvalue weighted by Crippen LogP contribution is 2.19. The molecular formula is C17H12ClN3O4. The van der Waals surface area contributed by atoms with Crippen LogP contribution in [0.15, 0.2) is 54.2 Å². The molecule has 1 fully saturated rings. The van der Waals surface area contributed by atoms with Crippen molar-refractivity contribution in [2.24, 2.45) is 0 Å². The molecule has 0 radical (unpaired) electrons.